The third kappa shape index (κ3) is 4.00. The average Bonchev–Trinajstić information content (AvgIpc) is 2.81. The van der Waals surface area contributed by atoms with Crippen molar-refractivity contribution in [1.29, 1.82) is 0 Å². The van der Waals surface area contributed by atoms with Gasteiger partial charge in [-0.2, -0.15) is 4.98 Å². The number of hydrogen-bond acceptors (Lipinski definition) is 6. The minimum atomic E-state index is 0.340. The number of aryl methyl sites for hydroxylation is 1. The first kappa shape index (κ1) is 19.0. The highest BCUT2D eigenvalue weighted by molar-refractivity contribution is 5.72. The molecule has 1 aliphatic carbocycles. The van der Waals surface area contributed by atoms with Crippen LogP contribution in [0.15, 0.2) is 54.9 Å². The van der Waals surface area contributed by atoms with Crippen LogP contribution in [-0.4, -0.2) is 33.6 Å². The predicted octanol–water partition coefficient (Wildman–Crippen LogP) is 4.30. The zero-order chi connectivity index (χ0) is 20.3. The second-order valence-electron chi connectivity index (χ2n) is 8.31. The monoisotopic (exact) mass is 400 g/mol. The first-order valence-electron chi connectivity index (χ1n) is 10.9. The number of fused-ring (bicyclic) bond motifs is 1. The summed E-state index contributed by atoms with van der Waals surface area (Å²) in [4.78, 5) is 16.4. The molecule has 0 spiro atoms. The summed E-state index contributed by atoms with van der Waals surface area (Å²) in [6.45, 7) is 0.944. The molecule has 154 valence electrons. The smallest absolute Gasteiger partial charge is 0.224 e. The van der Waals surface area contributed by atoms with Crippen molar-refractivity contribution in [2.75, 3.05) is 16.8 Å². The van der Waals surface area contributed by atoms with Crippen LogP contribution in [0.5, 0.6) is 0 Å². The molecule has 30 heavy (non-hydrogen) atoms. The number of nitrogens with one attached hydrogen (secondary N) is 1. The lowest BCUT2D eigenvalue weighted by molar-refractivity contribution is 0.410. The van der Waals surface area contributed by atoms with Crippen LogP contribution in [0.1, 0.15) is 37.7 Å². The summed E-state index contributed by atoms with van der Waals surface area (Å²) in [5.41, 5.74) is 10.6. The van der Waals surface area contributed by atoms with Gasteiger partial charge in [0.1, 0.15) is 5.82 Å². The molecule has 1 aromatic carbocycles. The standard InChI is InChI=1S/C24H28N6/c25-19-8-10-20(11-9-19)28-24-26-13-12-23(29-24)30-14-4-7-18-16-27-21(15-22(18)30)17-5-2-1-3-6-17/h1-3,5-6,12-13,15-16,19-20H,4,7-11,14,25H2,(H,26,28,29)/t19-,20-. The van der Waals surface area contributed by atoms with Gasteiger partial charge in [-0.15, -0.1) is 0 Å². The number of pyridine rings is 1. The molecule has 0 saturated heterocycles. The topological polar surface area (TPSA) is 80.0 Å². The van der Waals surface area contributed by atoms with Crippen molar-refractivity contribution in [3.63, 3.8) is 0 Å². The largest absolute Gasteiger partial charge is 0.351 e. The first-order valence-corrected chi connectivity index (χ1v) is 10.9. The Hall–Kier alpha value is -2.99. The molecule has 2 aromatic heterocycles. The Morgan fingerprint density at radius 2 is 1.83 bits per heavy atom. The van der Waals surface area contributed by atoms with Gasteiger partial charge in [-0.25, -0.2) is 4.98 Å². The van der Waals surface area contributed by atoms with Gasteiger partial charge in [0, 0.05) is 42.3 Å². The Morgan fingerprint density at radius 1 is 1.00 bits per heavy atom. The highest BCUT2D eigenvalue weighted by atomic mass is 15.2. The van der Waals surface area contributed by atoms with Gasteiger partial charge < -0.3 is 16.0 Å². The van der Waals surface area contributed by atoms with Crippen molar-refractivity contribution >= 4 is 17.5 Å². The van der Waals surface area contributed by atoms with Gasteiger partial charge in [0.25, 0.3) is 0 Å². The van der Waals surface area contributed by atoms with E-state index in [9.17, 15) is 0 Å². The second-order valence-corrected chi connectivity index (χ2v) is 8.31. The molecule has 6 nitrogen and oxygen atoms in total. The van der Waals surface area contributed by atoms with Crippen molar-refractivity contribution in [2.45, 2.75) is 50.6 Å². The lowest BCUT2D eigenvalue weighted by Gasteiger charge is -2.31. The Morgan fingerprint density at radius 3 is 2.67 bits per heavy atom. The molecule has 2 aliphatic rings. The van der Waals surface area contributed by atoms with E-state index in [1.165, 1.54) is 11.3 Å². The lowest BCUT2D eigenvalue weighted by Crippen LogP contribution is -2.33. The number of nitrogens with zero attached hydrogens (tertiary/aromatic N) is 4. The van der Waals surface area contributed by atoms with Crippen LogP contribution < -0.4 is 16.0 Å². The molecule has 0 atom stereocenters. The van der Waals surface area contributed by atoms with E-state index in [0.29, 0.717) is 18.0 Å². The van der Waals surface area contributed by atoms with Crippen molar-refractivity contribution in [3.05, 3.63) is 60.4 Å². The van der Waals surface area contributed by atoms with Gasteiger partial charge in [-0.1, -0.05) is 30.3 Å². The maximum Gasteiger partial charge on any atom is 0.224 e. The van der Waals surface area contributed by atoms with Crippen LogP contribution in [0.2, 0.25) is 0 Å². The normalized spacial score (nSPS) is 21.2. The summed E-state index contributed by atoms with van der Waals surface area (Å²) in [5, 5.41) is 3.53. The first-order chi connectivity index (χ1) is 14.8. The number of rotatable bonds is 4. The fraction of sp³-hybridized carbons (Fsp3) is 0.375. The predicted molar refractivity (Wildman–Crippen MR) is 121 cm³/mol. The number of aromatic nitrogens is 3. The minimum absolute atomic E-state index is 0.340. The molecule has 0 amide bonds. The fourth-order valence-electron chi connectivity index (χ4n) is 4.48. The zero-order valence-electron chi connectivity index (χ0n) is 17.2. The average molecular weight is 401 g/mol. The molecule has 1 fully saturated rings. The third-order valence-electron chi connectivity index (χ3n) is 6.17. The van der Waals surface area contributed by atoms with Crippen LogP contribution >= 0.6 is 0 Å². The van der Waals surface area contributed by atoms with Gasteiger partial charge >= 0.3 is 0 Å². The summed E-state index contributed by atoms with van der Waals surface area (Å²) < 4.78 is 0. The maximum absolute atomic E-state index is 6.04. The van der Waals surface area contributed by atoms with Crippen LogP contribution in [0.4, 0.5) is 17.5 Å². The summed E-state index contributed by atoms with van der Waals surface area (Å²) in [6, 6.07) is 15.3. The fourth-order valence-corrected chi connectivity index (χ4v) is 4.48. The molecule has 3 N–H and O–H groups in total. The zero-order valence-corrected chi connectivity index (χ0v) is 17.2. The summed E-state index contributed by atoms with van der Waals surface area (Å²) in [6.07, 6.45) is 10.3. The Labute approximate surface area is 177 Å². The van der Waals surface area contributed by atoms with Crippen LogP contribution in [-0.2, 0) is 6.42 Å². The van der Waals surface area contributed by atoms with E-state index in [1.807, 2.05) is 24.5 Å². The third-order valence-corrected chi connectivity index (χ3v) is 6.17. The molecule has 0 bridgehead atoms. The van der Waals surface area contributed by atoms with Crippen molar-refractivity contribution in [3.8, 4) is 11.3 Å². The van der Waals surface area contributed by atoms with Crippen molar-refractivity contribution in [1.82, 2.24) is 15.0 Å². The molecule has 1 aliphatic heterocycles. The van der Waals surface area contributed by atoms with E-state index in [0.717, 1.165) is 62.1 Å². The summed E-state index contributed by atoms with van der Waals surface area (Å²) >= 11 is 0. The van der Waals surface area contributed by atoms with Crippen LogP contribution in [0.3, 0.4) is 0 Å². The van der Waals surface area contributed by atoms with E-state index in [2.05, 4.69) is 45.5 Å². The number of hydrogen-bond donors (Lipinski definition) is 2. The summed E-state index contributed by atoms with van der Waals surface area (Å²) in [7, 11) is 0. The van der Waals surface area contributed by atoms with Crippen LogP contribution in [0.25, 0.3) is 11.3 Å². The Balaban J connectivity index is 1.42. The number of benzene rings is 1. The number of nitrogens with two attached hydrogens (primary N) is 1. The van der Waals surface area contributed by atoms with E-state index < -0.39 is 0 Å². The van der Waals surface area contributed by atoms with Crippen LogP contribution in [0, 0.1) is 0 Å². The highest BCUT2D eigenvalue weighted by Crippen LogP contribution is 2.35. The van der Waals surface area contributed by atoms with E-state index in [-0.39, 0.29) is 0 Å². The Bertz CT molecular complexity index is 998. The summed E-state index contributed by atoms with van der Waals surface area (Å²) in [5.74, 6) is 1.64. The molecule has 5 rings (SSSR count). The molecular formula is C24H28N6. The number of anilines is 3. The van der Waals surface area contributed by atoms with E-state index >= 15 is 0 Å². The second kappa shape index (κ2) is 8.40. The van der Waals surface area contributed by atoms with E-state index in [1.54, 1.807) is 0 Å². The van der Waals surface area contributed by atoms with Gasteiger partial charge in [0.15, 0.2) is 0 Å². The van der Waals surface area contributed by atoms with E-state index in [4.69, 9.17) is 15.7 Å². The molecule has 3 aromatic rings. The van der Waals surface area contributed by atoms with Gasteiger partial charge in [0.2, 0.25) is 5.95 Å². The molecular weight excluding hydrogens is 372 g/mol. The minimum Gasteiger partial charge on any atom is -0.351 e. The molecule has 1 saturated carbocycles. The molecule has 6 heteroatoms. The maximum atomic E-state index is 6.04. The van der Waals surface area contributed by atoms with Crippen molar-refractivity contribution in [2.24, 2.45) is 5.73 Å². The SMILES string of the molecule is N[C@H]1CC[C@H](Nc2nccc(N3CCCc4cnc(-c5ccccc5)cc43)n2)CC1. The molecule has 0 unspecified atom stereocenters. The van der Waals surface area contributed by atoms with Crippen molar-refractivity contribution < 1.29 is 0 Å². The van der Waals surface area contributed by atoms with Gasteiger partial charge in [-0.3, -0.25) is 4.98 Å². The quantitative estimate of drug-likeness (QED) is 0.679. The highest BCUT2D eigenvalue weighted by Gasteiger charge is 2.22. The lowest BCUT2D eigenvalue weighted by atomic mass is 9.92. The van der Waals surface area contributed by atoms with Gasteiger partial charge in [0.05, 0.1) is 5.69 Å². The molecule has 0 radical (unpaired) electrons. The molecule has 3 heterocycles. The Kier molecular flexibility index (Phi) is 5.32. The van der Waals surface area contributed by atoms with Gasteiger partial charge in [-0.05, 0) is 56.2 Å².